The Bertz CT molecular complexity index is 729. The van der Waals surface area contributed by atoms with Crippen LogP contribution in [0.4, 0.5) is 5.88 Å². The highest BCUT2D eigenvalue weighted by atomic mass is 16.5. The summed E-state index contributed by atoms with van der Waals surface area (Å²) in [6.07, 6.45) is 0.107. The summed E-state index contributed by atoms with van der Waals surface area (Å²) in [5.41, 5.74) is -0.0978. The van der Waals surface area contributed by atoms with E-state index in [-0.39, 0.29) is 41.1 Å². The molecule has 2 rings (SSSR count). The summed E-state index contributed by atoms with van der Waals surface area (Å²) in [7, 11) is 1.19. The van der Waals surface area contributed by atoms with Crippen LogP contribution in [0.15, 0.2) is 4.42 Å². The number of hydrogen-bond donors (Lipinski definition) is 1. The van der Waals surface area contributed by atoms with E-state index in [0.29, 0.717) is 6.54 Å². The van der Waals surface area contributed by atoms with E-state index < -0.39 is 17.8 Å². The van der Waals surface area contributed by atoms with Crippen molar-refractivity contribution in [3.8, 4) is 6.07 Å². The van der Waals surface area contributed by atoms with E-state index in [1.54, 1.807) is 4.90 Å². The Morgan fingerprint density at radius 1 is 1.46 bits per heavy atom. The van der Waals surface area contributed by atoms with Crippen molar-refractivity contribution in [3.05, 3.63) is 16.9 Å². The van der Waals surface area contributed by atoms with E-state index in [4.69, 9.17) is 4.42 Å². The lowest BCUT2D eigenvalue weighted by molar-refractivity contribution is -0.129. The molecule has 1 aliphatic heterocycles. The van der Waals surface area contributed by atoms with Gasteiger partial charge in [0, 0.05) is 19.0 Å². The van der Waals surface area contributed by atoms with Gasteiger partial charge < -0.3 is 14.1 Å². The zero-order valence-corrected chi connectivity index (χ0v) is 14.0. The van der Waals surface area contributed by atoms with E-state index >= 15 is 0 Å². The van der Waals surface area contributed by atoms with Gasteiger partial charge in [0.15, 0.2) is 0 Å². The van der Waals surface area contributed by atoms with Crippen LogP contribution in [0, 0.1) is 24.2 Å². The second-order valence-electron chi connectivity index (χ2n) is 5.87. The molecular formula is C16H19N3O5. The van der Waals surface area contributed by atoms with Crippen LogP contribution in [0.25, 0.3) is 0 Å². The molecule has 0 saturated carbocycles. The fraction of sp³-hybridized carbons (Fsp3) is 0.500. The Hall–Kier alpha value is -2.82. The molecule has 1 saturated heterocycles. The lowest BCUT2D eigenvalue weighted by Crippen LogP contribution is -2.33. The van der Waals surface area contributed by atoms with E-state index in [2.05, 4.69) is 10.1 Å². The molecule has 0 aromatic carbocycles. The Morgan fingerprint density at radius 3 is 2.62 bits per heavy atom. The van der Waals surface area contributed by atoms with Crippen molar-refractivity contribution in [2.45, 2.75) is 33.2 Å². The smallest absolute Gasteiger partial charge is 0.342 e. The van der Waals surface area contributed by atoms with Crippen LogP contribution < -0.4 is 5.32 Å². The number of nitrogens with one attached hydrogen (secondary N) is 1. The molecule has 0 aliphatic carbocycles. The number of nitriles is 1. The van der Waals surface area contributed by atoms with Crippen molar-refractivity contribution in [3.63, 3.8) is 0 Å². The summed E-state index contributed by atoms with van der Waals surface area (Å²) in [5.74, 6) is -1.67. The SMILES string of the molecule is COC(=O)c1c(C)oc(NC(=O)C2CC(=O)N(C(C)C)C2)c1C#N. The second-order valence-corrected chi connectivity index (χ2v) is 5.87. The Balaban J connectivity index is 2.20. The van der Waals surface area contributed by atoms with Gasteiger partial charge >= 0.3 is 5.97 Å². The number of likely N-dealkylation sites (tertiary alicyclic amines) is 1. The number of rotatable bonds is 4. The molecule has 8 nitrogen and oxygen atoms in total. The normalized spacial score (nSPS) is 17.1. The highest BCUT2D eigenvalue weighted by Crippen LogP contribution is 2.28. The number of carbonyl (C=O) groups is 3. The van der Waals surface area contributed by atoms with Gasteiger partial charge in [-0.15, -0.1) is 0 Å². The predicted molar refractivity (Wildman–Crippen MR) is 83.1 cm³/mol. The third-order valence-corrected chi connectivity index (χ3v) is 3.97. The Labute approximate surface area is 139 Å². The maximum atomic E-state index is 12.4. The summed E-state index contributed by atoms with van der Waals surface area (Å²) < 4.78 is 9.96. The minimum Gasteiger partial charge on any atom is -0.465 e. The molecule has 24 heavy (non-hydrogen) atoms. The average Bonchev–Trinajstić information content (AvgIpc) is 3.06. The number of furan rings is 1. The minimum absolute atomic E-state index is 0.0124. The molecule has 1 N–H and O–H groups in total. The molecule has 2 heterocycles. The molecule has 1 fully saturated rings. The van der Waals surface area contributed by atoms with Crippen molar-refractivity contribution in [1.29, 1.82) is 5.26 Å². The average molecular weight is 333 g/mol. The van der Waals surface area contributed by atoms with Crippen molar-refractivity contribution in [1.82, 2.24) is 4.90 Å². The van der Waals surface area contributed by atoms with E-state index in [1.807, 2.05) is 19.9 Å². The number of amides is 2. The van der Waals surface area contributed by atoms with Crippen LogP contribution >= 0.6 is 0 Å². The molecule has 1 atom stereocenters. The molecule has 0 radical (unpaired) electrons. The van der Waals surface area contributed by atoms with Crippen LogP contribution in [0.2, 0.25) is 0 Å². The first-order valence-electron chi connectivity index (χ1n) is 7.52. The molecular weight excluding hydrogens is 314 g/mol. The van der Waals surface area contributed by atoms with Crippen LogP contribution in [0.5, 0.6) is 0 Å². The van der Waals surface area contributed by atoms with Crippen molar-refractivity contribution in [2.24, 2.45) is 5.92 Å². The van der Waals surface area contributed by atoms with E-state index in [0.717, 1.165) is 0 Å². The molecule has 0 bridgehead atoms. The number of nitrogens with zero attached hydrogens (tertiary/aromatic N) is 2. The van der Waals surface area contributed by atoms with E-state index in [1.165, 1.54) is 14.0 Å². The lowest BCUT2D eigenvalue weighted by atomic mass is 10.1. The fourth-order valence-electron chi connectivity index (χ4n) is 2.71. The van der Waals surface area contributed by atoms with Crippen LogP contribution in [-0.2, 0) is 14.3 Å². The predicted octanol–water partition coefficient (Wildman–Crippen LogP) is 1.44. The van der Waals surface area contributed by atoms with Crippen LogP contribution in [0.1, 0.15) is 41.9 Å². The first-order chi connectivity index (χ1) is 11.3. The maximum Gasteiger partial charge on any atom is 0.342 e. The standard InChI is InChI=1S/C16H19N3O5/c1-8(2)19-7-10(5-12(19)20)14(21)18-15-11(6-17)13(9(3)24-15)16(22)23-4/h8,10H,5,7H2,1-4H3,(H,18,21). The summed E-state index contributed by atoms with van der Waals surface area (Å²) in [4.78, 5) is 37.6. The zero-order chi connectivity index (χ0) is 18.0. The largest absolute Gasteiger partial charge is 0.465 e. The number of carbonyl (C=O) groups excluding carboxylic acids is 3. The first-order valence-corrected chi connectivity index (χ1v) is 7.52. The minimum atomic E-state index is -0.713. The summed E-state index contributed by atoms with van der Waals surface area (Å²) >= 11 is 0. The number of ether oxygens (including phenoxy) is 1. The van der Waals surface area contributed by atoms with Gasteiger partial charge in [-0.25, -0.2) is 4.79 Å². The number of aryl methyl sites for hydroxylation is 1. The second kappa shape index (κ2) is 6.74. The van der Waals surface area contributed by atoms with Crippen molar-refractivity contribution in [2.75, 3.05) is 19.0 Å². The quantitative estimate of drug-likeness (QED) is 0.834. The third kappa shape index (κ3) is 3.11. The van der Waals surface area contributed by atoms with Gasteiger partial charge in [0.25, 0.3) is 0 Å². The Kier molecular flexibility index (Phi) is 4.93. The van der Waals surface area contributed by atoms with Crippen LogP contribution in [0.3, 0.4) is 0 Å². The third-order valence-electron chi connectivity index (χ3n) is 3.97. The molecule has 8 heteroatoms. The van der Waals surface area contributed by atoms with Gasteiger partial charge in [-0.3, -0.25) is 14.9 Å². The zero-order valence-electron chi connectivity index (χ0n) is 14.0. The summed E-state index contributed by atoms with van der Waals surface area (Å²) in [5, 5.41) is 11.8. The molecule has 1 unspecified atom stereocenters. The van der Waals surface area contributed by atoms with Gasteiger partial charge in [0.05, 0.1) is 13.0 Å². The highest BCUT2D eigenvalue weighted by molar-refractivity contribution is 6.00. The van der Waals surface area contributed by atoms with Gasteiger partial charge in [0.2, 0.25) is 17.7 Å². The van der Waals surface area contributed by atoms with Crippen molar-refractivity contribution < 1.29 is 23.5 Å². The molecule has 128 valence electrons. The van der Waals surface area contributed by atoms with E-state index in [9.17, 15) is 19.6 Å². The van der Waals surface area contributed by atoms with Gasteiger partial charge in [-0.1, -0.05) is 0 Å². The lowest BCUT2D eigenvalue weighted by Gasteiger charge is -2.20. The monoisotopic (exact) mass is 333 g/mol. The number of anilines is 1. The van der Waals surface area contributed by atoms with Crippen molar-refractivity contribution >= 4 is 23.7 Å². The molecule has 0 spiro atoms. The first kappa shape index (κ1) is 17.5. The highest BCUT2D eigenvalue weighted by Gasteiger charge is 2.36. The number of methoxy groups -OCH3 is 1. The van der Waals surface area contributed by atoms with Gasteiger partial charge in [-0.05, 0) is 20.8 Å². The van der Waals surface area contributed by atoms with Gasteiger partial charge in [-0.2, -0.15) is 5.26 Å². The summed E-state index contributed by atoms with van der Waals surface area (Å²) in [6.45, 7) is 5.57. The number of hydrogen-bond acceptors (Lipinski definition) is 6. The maximum absolute atomic E-state index is 12.4. The molecule has 2 amide bonds. The topological polar surface area (TPSA) is 113 Å². The molecule has 1 aliphatic rings. The van der Waals surface area contributed by atoms with Gasteiger partial charge in [0.1, 0.15) is 23.0 Å². The molecule has 1 aromatic rings. The van der Waals surface area contributed by atoms with Crippen LogP contribution in [-0.4, -0.2) is 42.4 Å². The fourth-order valence-corrected chi connectivity index (χ4v) is 2.71. The molecule has 1 aromatic heterocycles. The summed E-state index contributed by atoms with van der Waals surface area (Å²) in [6, 6.07) is 1.86. The Morgan fingerprint density at radius 2 is 2.12 bits per heavy atom. The number of esters is 1.